The summed E-state index contributed by atoms with van der Waals surface area (Å²) in [6, 6.07) is 6.92. The summed E-state index contributed by atoms with van der Waals surface area (Å²) in [5.74, 6) is 1.70. The Hall–Kier alpha value is -1.06. The molecule has 2 heterocycles. The van der Waals surface area contributed by atoms with Crippen LogP contribution in [0.5, 0.6) is 5.75 Å². The van der Waals surface area contributed by atoms with Crippen LogP contribution < -0.4 is 10.1 Å². The van der Waals surface area contributed by atoms with Crippen LogP contribution in [0.25, 0.3) is 0 Å². The van der Waals surface area contributed by atoms with Gasteiger partial charge in [0.1, 0.15) is 11.9 Å². The predicted octanol–water partition coefficient (Wildman–Crippen LogP) is 2.83. The first-order chi connectivity index (χ1) is 9.28. The van der Waals surface area contributed by atoms with E-state index in [9.17, 15) is 0 Å². The molecule has 0 aromatic heterocycles. The van der Waals surface area contributed by atoms with Crippen LogP contribution in [0.15, 0.2) is 18.2 Å². The van der Waals surface area contributed by atoms with Crippen LogP contribution in [-0.4, -0.2) is 26.4 Å². The summed E-state index contributed by atoms with van der Waals surface area (Å²) >= 11 is 0. The van der Waals surface area contributed by atoms with Gasteiger partial charge in [-0.05, 0) is 32.9 Å². The highest BCUT2D eigenvalue weighted by molar-refractivity contribution is 5.41. The van der Waals surface area contributed by atoms with E-state index in [-0.39, 0.29) is 0 Å². The molecule has 3 nitrogen and oxygen atoms in total. The zero-order chi connectivity index (χ0) is 13.2. The quantitative estimate of drug-likeness (QED) is 0.888. The van der Waals surface area contributed by atoms with E-state index in [0.29, 0.717) is 18.1 Å². The highest BCUT2D eigenvalue weighted by Crippen LogP contribution is 2.39. The molecule has 0 radical (unpaired) electrons. The molecule has 0 amide bonds. The van der Waals surface area contributed by atoms with Gasteiger partial charge in [-0.2, -0.15) is 0 Å². The summed E-state index contributed by atoms with van der Waals surface area (Å²) in [7, 11) is 2.04. The minimum atomic E-state index is 0.330. The highest BCUT2D eigenvalue weighted by Gasteiger charge is 2.33. The first-order valence-corrected chi connectivity index (χ1v) is 7.30. The Kier molecular flexibility index (Phi) is 3.76. The lowest BCUT2D eigenvalue weighted by Crippen LogP contribution is -2.38. The van der Waals surface area contributed by atoms with Crippen molar-refractivity contribution >= 4 is 0 Å². The van der Waals surface area contributed by atoms with Crippen LogP contribution in [0.4, 0.5) is 0 Å². The Morgan fingerprint density at radius 2 is 2.00 bits per heavy atom. The molecular formula is C16H23NO2. The van der Waals surface area contributed by atoms with Crippen LogP contribution in [0.2, 0.25) is 0 Å². The fourth-order valence-electron chi connectivity index (χ4n) is 3.27. The smallest absolute Gasteiger partial charge is 0.124 e. The Morgan fingerprint density at radius 1 is 1.21 bits per heavy atom. The minimum absolute atomic E-state index is 0.330. The summed E-state index contributed by atoms with van der Waals surface area (Å²) in [4.78, 5) is 0. The molecule has 0 aliphatic carbocycles. The maximum absolute atomic E-state index is 6.26. The van der Waals surface area contributed by atoms with Crippen molar-refractivity contribution in [3.8, 4) is 5.75 Å². The zero-order valence-corrected chi connectivity index (χ0v) is 11.8. The molecule has 3 heteroatoms. The van der Waals surface area contributed by atoms with Crippen LogP contribution >= 0.6 is 0 Å². The highest BCUT2D eigenvalue weighted by atomic mass is 16.5. The molecular weight excluding hydrogens is 238 g/mol. The van der Waals surface area contributed by atoms with E-state index >= 15 is 0 Å². The number of benzene rings is 1. The molecule has 2 aliphatic rings. The van der Waals surface area contributed by atoms with Gasteiger partial charge >= 0.3 is 0 Å². The van der Waals surface area contributed by atoms with Gasteiger partial charge in [-0.25, -0.2) is 0 Å². The van der Waals surface area contributed by atoms with Crippen molar-refractivity contribution < 1.29 is 9.47 Å². The van der Waals surface area contributed by atoms with Crippen molar-refractivity contribution in [1.29, 1.82) is 0 Å². The second-order valence-electron chi connectivity index (χ2n) is 5.72. The molecule has 3 rings (SSSR count). The molecule has 1 saturated heterocycles. The van der Waals surface area contributed by atoms with E-state index in [0.717, 1.165) is 38.2 Å². The summed E-state index contributed by atoms with van der Waals surface area (Å²) in [6.45, 7) is 3.91. The monoisotopic (exact) mass is 261 g/mol. The average molecular weight is 261 g/mol. The van der Waals surface area contributed by atoms with Crippen LogP contribution in [0.1, 0.15) is 36.4 Å². The lowest BCUT2D eigenvalue weighted by molar-refractivity contribution is 0.00569. The van der Waals surface area contributed by atoms with E-state index in [1.165, 1.54) is 11.1 Å². The van der Waals surface area contributed by atoms with Crippen molar-refractivity contribution in [2.24, 2.45) is 5.92 Å². The molecule has 19 heavy (non-hydrogen) atoms. The third-order valence-electron chi connectivity index (χ3n) is 4.43. The number of aryl methyl sites for hydroxylation is 1. The minimum Gasteiger partial charge on any atom is -0.490 e. The van der Waals surface area contributed by atoms with Crippen LogP contribution in [-0.2, 0) is 4.74 Å². The molecule has 104 valence electrons. The molecule has 2 atom stereocenters. The molecule has 2 unspecified atom stereocenters. The van der Waals surface area contributed by atoms with Gasteiger partial charge in [-0.1, -0.05) is 17.7 Å². The van der Waals surface area contributed by atoms with Crippen molar-refractivity contribution in [3.05, 3.63) is 29.3 Å². The average Bonchev–Trinajstić information content (AvgIpc) is 2.47. The second-order valence-corrected chi connectivity index (χ2v) is 5.72. The first kappa shape index (κ1) is 12.9. The number of ether oxygens (including phenoxy) is 2. The summed E-state index contributed by atoms with van der Waals surface area (Å²) in [5, 5.41) is 3.45. The van der Waals surface area contributed by atoms with Crippen molar-refractivity contribution in [2.45, 2.75) is 38.3 Å². The van der Waals surface area contributed by atoms with Gasteiger partial charge in [-0.3, -0.25) is 0 Å². The maximum Gasteiger partial charge on any atom is 0.124 e. The number of fused-ring (bicyclic) bond motifs is 1. The molecule has 1 fully saturated rings. The van der Waals surface area contributed by atoms with Crippen molar-refractivity contribution in [1.82, 2.24) is 5.32 Å². The second kappa shape index (κ2) is 5.51. The van der Waals surface area contributed by atoms with Gasteiger partial charge in [0.2, 0.25) is 0 Å². The normalized spacial score (nSPS) is 27.7. The fraction of sp³-hybridized carbons (Fsp3) is 0.625. The van der Waals surface area contributed by atoms with E-state index < -0.39 is 0 Å². The Morgan fingerprint density at radius 3 is 2.74 bits per heavy atom. The van der Waals surface area contributed by atoms with E-state index in [1.54, 1.807) is 0 Å². The Bertz CT molecular complexity index is 440. The van der Waals surface area contributed by atoms with E-state index in [1.807, 2.05) is 7.05 Å². The standard InChI is InChI=1S/C16H23NO2/c1-11-3-4-15-13(9-11)14(17-2)10-16(19-15)12-5-7-18-8-6-12/h3-4,9,12,14,16-17H,5-8,10H2,1-2H3. The van der Waals surface area contributed by atoms with Crippen LogP contribution in [0.3, 0.4) is 0 Å². The molecule has 1 N–H and O–H groups in total. The maximum atomic E-state index is 6.26. The largest absolute Gasteiger partial charge is 0.490 e. The van der Waals surface area contributed by atoms with Crippen LogP contribution in [0, 0.1) is 12.8 Å². The molecule has 2 aliphatic heterocycles. The molecule has 0 bridgehead atoms. The zero-order valence-electron chi connectivity index (χ0n) is 11.8. The third kappa shape index (κ3) is 2.63. The fourth-order valence-corrected chi connectivity index (χ4v) is 3.27. The molecule has 1 aromatic carbocycles. The van der Waals surface area contributed by atoms with E-state index in [2.05, 4.69) is 30.4 Å². The van der Waals surface area contributed by atoms with Gasteiger partial charge in [0.25, 0.3) is 0 Å². The third-order valence-corrected chi connectivity index (χ3v) is 4.43. The number of hydrogen-bond acceptors (Lipinski definition) is 3. The topological polar surface area (TPSA) is 30.5 Å². The Balaban J connectivity index is 1.83. The summed E-state index contributed by atoms with van der Waals surface area (Å²) in [5.41, 5.74) is 2.61. The van der Waals surface area contributed by atoms with Gasteiger partial charge in [0, 0.05) is 37.2 Å². The first-order valence-electron chi connectivity index (χ1n) is 7.30. The molecule has 0 saturated carbocycles. The molecule has 0 spiro atoms. The number of hydrogen-bond donors (Lipinski definition) is 1. The van der Waals surface area contributed by atoms with Gasteiger partial charge in [0.15, 0.2) is 0 Å². The van der Waals surface area contributed by atoms with Crippen molar-refractivity contribution in [2.75, 3.05) is 20.3 Å². The lowest BCUT2D eigenvalue weighted by Gasteiger charge is -2.38. The molecule has 1 aromatic rings. The number of rotatable bonds is 2. The lowest BCUT2D eigenvalue weighted by atomic mass is 9.85. The summed E-state index contributed by atoms with van der Waals surface area (Å²) in [6.07, 6.45) is 3.65. The number of nitrogens with one attached hydrogen (secondary N) is 1. The summed E-state index contributed by atoms with van der Waals surface area (Å²) < 4.78 is 11.7. The van der Waals surface area contributed by atoms with Crippen molar-refractivity contribution in [3.63, 3.8) is 0 Å². The SMILES string of the molecule is CNC1CC(C2CCOCC2)Oc2ccc(C)cc21. The van der Waals surface area contributed by atoms with Gasteiger partial charge in [0.05, 0.1) is 0 Å². The predicted molar refractivity (Wildman–Crippen MR) is 75.6 cm³/mol. The van der Waals surface area contributed by atoms with Gasteiger partial charge < -0.3 is 14.8 Å². The van der Waals surface area contributed by atoms with Gasteiger partial charge in [-0.15, -0.1) is 0 Å². The Labute approximate surface area is 115 Å². The van der Waals surface area contributed by atoms with E-state index in [4.69, 9.17) is 9.47 Å².